The summed E-state index contributed by atoms with van der Waals surface area (Å²) in [5.74, 6) is 2.49. The van der Waals surface area contributed by atoms with Gasteiger partial charge in [0.05, 0.1) is 0 Å². The Hall–Kier alpha value is -1.49. The number of fused-ring (bicyclic) bond motifs is 1. The van der Waals surface area contributed by atoms with Crippen LogP contribution in [0, 0.1) is 5.92 Å². The Bertz CT molecular complexity index is 517. The lowest BCUT2D eigenvalue weighted by molar-refractivity contribution is 0.174. The highest BCUT2D eigenvalue weighted by Crippen LogP contribution is 2.32. The molecule has 0 saturated heterocycles. The average Bonchev–Trinajstić information content (AvgIpc) is 3.18. The Morgan fingerprint density at radius 3 is 2.90 bits per heavy atom. The minimum absolute atomic E-state index is 0.316. The first-order valence-corrected chi connectivity index (χ1v) is 8.08. The average molecular weight is 306 g/mol. The summed E-state index contributed by atoms with van der Waals surface area (Å²) in [6.07, 6.45) is 3.83. The van der Waals surface area contributed by atoms with E-state index in [0.717, 1.165) is 54.1 Å². The molecule has 1 N–H and O–H groups in total. The summed E-state index contributed by atoms with van der Waals surface area (Å²) < 4.78 is 10.7. The van der Waals surface area contributed by atoms with Crippen LogP contribution >= 0.6 is 12.2 Å². The molecule has 4 nitrogen and oxygen atoms in total. The minimum atomic E-state index is 0.316. The molecule has 1 heterocycles. The van der Waals surface area contributed by atoms with Crippen LogP contribution in [-0.2, 0) is 6.54 Å². The summed E-state index contributed by atoms with van der Waals surface area (Å²) in [6.45, 7) is 5.36. The third kappa shape index (κ3) is 3.79. The highest BCUT2D eigenvalue weighted by molar-refractivity contribution is 7.80. The van der Waals surface area contributed by atoms with Gasteiger partial charge in [-0.1, -0.05) is 13.0 Å². The normalized spacial score (nSPS) is 15.9. The molecule has 1 saturated carbocycles. The maximum Gasteiger partial charge on any atom is 0.231 e. The molecule has 1 aromatic carbocycles. The van der Waals surface area contributed by atoms with Gasteiger partial charge in [-0.25, -0.2) is 0 Å². The topological polar surface area (TPSA) is 33.7 Å². The Morgan fingerprint density at radius 1 is 1.33 bits per heavy atom. The quantitative estimate of drug-likeness (QED) is 0.817. The molecule has 1 fully saturated rings. The lowest BCUT2D eigenvalue weighted by atomic mass is 10.2. The van der Waals surface area contributed by atoms with E-state index in [0.29, 0.717) is 6.79 Å². The molecule has 0 unspecified atom stereocenters. The van der Waals surface area contributed by atoms with E-state index >= 15 is 0 Å². The predicted octanol–water partition coefficient (Wildman–Crippen LogP) is 2.91. The van der Waals surface area contributed by atoms with Crippen molar-refractivity contribution in [2.24, 2.45) is 5.92 Å². The lowest BCUT2D eigenvalue weighted by Gasteiger charge is -2.25. The van der Waals surface area contributed by atoms with E-state index in [1.807, 2.05) is 18.2 Å². The molecule has 0 bridgehead atoms. The minimum Gasteiger partial charge on any atom is -0.454 e. The second-order valence-electron chi connectivity index (χ2n) is 5.74. The predicted molar refractivity (Wildman–Crippen MR) is 86.6 cm³/mol. The highest BCUT2D eigenvalue weighted by Gasteiger charge is 2.25. The number of nitrogens with one attached hydrogen (secondary N) is 1. The van der Waals surface area contributed by atoms with Gasteiger partial charge in [0.15, 0.2) is 16.6 Å². The van der Waals surface area contributed by atoms with E-state index in [1.54, 1.807) is 0 Å². The molecule has 2 aliphatic rings. The van der Waals surface area contributed by atoms with E-state index in [4.69, 9.17) is 21.7 Å². The summed E-state index contributed by atoms with van der Waals surface area (Å²) in [5.41, 5.74) is 1.16. The Labute approximate surface area is 131 Å². The first-order valence-electron chi connectivity index (χ1n) is 7.67. The van der Waals surface area contributed by atoms with Crippen LogP contribution in [0.3, 0.4) is 0 Å². The second kappa shape index (κ2) is 6.52. The summed E-state index contributed by atoms with van der Waals surface area (Å²) in [4.78, 5) is 2.31. The van der Waals surface area contributed by atoms with Crippen LogP contribution < -0.4 is 14.8 Å². The molecule has 3 rings (SSSR count). The summed E-state index contributed by atoms with van der Waals surface area (Å²) >= 11 is 5.54. The molecule has 1 aliphatic carbocycles. The fourth-order valence-corrected chi connectivity index (χ4v) is 2.74. The lowest BCUT2D eigenvalue weighted by Crippen LogP contribution is -2.41. The monoisotopic (exact) mass is 306 g/mol. The van der Waals surface area contributed by atoms with E-state index < -0.39 is 0 Å². The van der Waals surface area contributed by atoms with Gasteiger partial charge in [0.25, 0.3) is 0 Å². The largest absolute Gasteiger partial charge is 0.454 e. The first-order chi connectivity index (χ1) is 10.3. The highest BCUT2D eigenvalue weighted by atomic mass is 32.1. The van der Waals surface area contributed by atoms with Gasteiger partial charge >= 0.3 is 0 Å². The van der Waals surface area contributed by atoms with Crippen molar-refractivity contribution in [3.8, 4) is 11.5 Å². The maximum absolute atomic E-state index is 5.54. The Morgan fingerprint density at radius 2 is 2.14 bits per heavy atom. The van der Waals surface area contributed by atoms with Crippen LogP contribution in [-0.4, -0.2) is 29.9 Å². The number of thiocarbonyl (C=S) groups is 1. The molecule has 0 aromatic heterocycles. The third-order valence-corrected chi connectivity index (χ3v) is 4.24. The van der Waals surface area contributed by atoms with Gasteiger partial charge in [-0.05, 0) is 55.1 Å². The molecule has 0 spiro atoms. The second-order valence-corrected chi connectivity index (χ2v) is 6.12. The van der Waals surface area contributed by atoms with Gasteiger partial charge in [-0.3, -0.25) is 0 Å². The zero-order valence-corrected chi connectivity index (χ0v) is 13.2. The number of ether oxygens (including phenoxy) is 2. The molecule has 5 heteroatoms. The fraction of sp³-hybridized carbons (Fsp3) is 0.562. The Kier molecular flexibility index (Phi) is 4.48. The smallest absolute Gasteiger partial charge is 0.231 e. The van der Waals surface area contributed by atoms with Crippen molar-refractivity contribution < 1.29 is 9.47 Å². The van der Waals surface area contributed by atoms with Crippen LogP contribution in [0.1, 0.15) is 31.7 Å². The van der Waals surface area contributed by atoms with Crippen LogP contribution in [0.2, 0.25) is 0 Å². The van der Waals surface area contributed by atoms with Crippen molar-refractivity contribution >= 4 is 17.3 Å². The van der Waals surface area contributed by atoms with Crippen molar-refractivity contribution in [2.45, 2.75) is 32.7 Å². The number of hydrogen-bond donors (Lipinski definition) is 1. The molecule has 0 radical (unpaired) electrons. The summed E-state index contributed by atoms with van der Waals surface area (Å²) in [5, 5.41) is 4.23. The van der Waals surface area contributed by atoms with Gasteiger partial charge in [-0.15, -0.1) is 0 Å². The molecular weight excluding hydrogens is 284 g/mol. The first kappa shape index (κ1) is 14.4. The van der Waals surface area contributed by atoms with Crippen molar-refractivity contribution in [2.75, 3.05) is 19.9 Å². The van der Waals surface area contributed by atoms with Gasteiger partial charge in [0.2, 0.25) is 6.79 Å². The Balaban J connectivity index is 1.54. The van der Waals surface area contributed by atoms with Gasteiger partial charge in [-0.2, -0.15) is 0 Å². The van der Waals surface area contributed by atoms with E-state index in [-0.39, 0.29) is 0 Å². The summed E-state index contributed by atoms with van der Waals surface area (Å²) in [7, 11) is 0. The molecule has 1 aromatic rings. The van der Waals surface area contributed by atoms with Gasteiger partial charge in [0.1, 0.15) is 0 Å². The van der Waals surface area contributed by atoms with Crippen LogP contribution in [0.4, 0.5) is 0 Å². The molecule has 0 amide bonds. The maximum atomic E-state index is 5.54. The van der Waals surface area contributed by atoms with Crippen LogP contribution in [0.5, 0.6) is 11.5 Å². The molecular formula is C16H22N2O2S. The van der Waals surface area contributed by atoms with Crippen LogP contribution in [0.15, 0.2) is 18.2 Å². The van der Waals surface area contributed by atoms with Gasteiger partial charge < -0.3 is 19.7 Å². The van der Waals surface area contributed by atoms with Gasteiger partial charge in [0, 0.05) is 19.6 Å². The molecule has 21 heavy (non-hydrogen) atoms. The number of benzene rings is 1. The zero-order valence-electron chi connectivity index (χ0n) is 12.4. The summed E-state index contributed by atoms with van der Waals surface area (Å²) in [6, 6.07) is 6.02. The van der Waals surface area contributed by atoms with Crippen molar-refractivity contribution in [3.63, 3.8) is 0 Å². The molecule has 114 valence electrons. The standard InChI is InChI=1S/C16H22N2O2S/c1-2-7-18(10-12-3-4-12)16(21)17-9-13-5-6-14-15(8-13)20-11-19-14/h5-6,8,12H,2-4,7,9-11H2,1H3,(H,17,21). The van der Waals surface area contributed by atoms with Crippen molar-refractivity contribution in [3.05, 3.63) is 23.8 Å². The van der Waals surface area contributed by atoms with E-state index in [2.05, 4.69) is 17.1 Å². The molecule has 0 atom stereocenters. The fourth-order valence-electron chi connectivity index (χ4n) is 2.50. The number of nitrogens with zero attached hydrogens (tertiary/aromatic N) is 1. The van der Waals surface area contributed by atoms with Crippen LogP contribution in [0.25, 0.3) is 0 Å². The van der Waals surface area contributed by atoms with E-state index in [9.17, 15) is 0 Å². The van der Waals surface area contributed by atoms with E-state index in [1.165, 1.54) is 12.8 Å². The molecule has 1 aliphatic heterocycles. The third-order valence-electron chi connectivity index (χ3n) is 3.84. The number of hydrogen-bond acceptors (Lipinski definition) is 3. The zero-order chi connectivity index (χ0) is 14.7. The number of rotatable bonds is 6. The van der Waals surface area contributed by atoms with Crippen molar-refractivity contribution in [1.82, 2.24) is 10.2 Å². The SMILES string of the molecule is CCCN(CC1CC1)C(=S)NCc1ccc2c(c1)OCO2. The van der Waals surface area contributed by atoms with Crippen molar-refractivity contribution in [1.29, 1.82) is 0 Å².